The van der Waals surface area contributed by atoms with Gasteiger partial charge in [-0.25, -0.2) is 28.4 Å². The Kier molecular flexibility index (Phi) is 38.9. The predicted octanol–water partition coefficient (Wildman–Crippen LogP) is 20.5. The largest absolute Gasteiger partial charge is 5.00 e. The number of nitrogens with zero attached hydrogens (tertiary/aromatic N) is 3. The number of anilines is 3. The minimum absolute atomic E-state index is 0. The number of aromatic carboxylic acids is 1. The predicted molar refractivity (Wildman–Crippen MR) is 355 cm³/mol. The number of pyridine rings is 1. The van der Waals surface area contributed by atoms with Crippen molar-refractivity contribution in [2.75, 3.05) is 4.90 Å². The second kappa shape index (κ2) is 41.8. The summed E-state index contributed by atoms with van der Waals surface area (Å²) < 4.78 is 29.5. The first-order valence-corrected chi connectivity index (χ1v) is 28.5. The van der Waals surface area contributed by atoms with Crippen molar-refractivity contribution < 1.29 is 58.0 Å². The van der Waals surface area contributed by atoms with Crippen LogP contribution in [0.15, 0.2) is 215 Å². The molecule has 0 spiro atoms. The number of rotatable bonds is 18. The number of carboxylic acid groups (broad SMARTS) is 3. The molecule has 0 saturated heterocycles. The van der Waals surface area contributed by atoms with E-state index in [1.165, 1.54) is 97.5 Å². The van der Waals surface area contributed by atoms with Crippen molar-refractivity contribution in [2.24, 2.45) is 5.73 Å². The molecule has 20 heteroatoms. The van der Waals surface area contributed by atoms with Crippen molar-refractivity contribution in [3.63, 3.8) is 0 Å². The Morgan fingerprint density at radius 2 is 1.31 bits per heavy atom. The monoisotopic (exact) mass is 1310 g/mol. The molecule has 1 radical (unpaired) electrons. The van der Waals surface area contributed by atoms with Crippen LogP contribution in [-0.2, 0) is 41.7 Å². The Bertz CT molecular complexity index is 3520. The summed E-state index contributed by atoms with van der Waals surface area (Å²) >= 11 is 7.25. The van der Waals surface area contributed by atoms with Gasteiger partial charge in [0.05, 0.1) is 28.4 Å². The summed E-state index contributed by atoms with van der Waals surface area (Å²) in [6, 6.07) is 41.5. The van der Waals surface area contributed by atoms with E-state index in [2.05, 4.69) is 126 Å². The third-order valence-corrected chi connectivity index (χ3v) is 13.8. The molecule has 0 aliphatic rings. The molecule has 5 aromatic carbocycles. The maximum absolute atomic E-state index is 13.5. The summed E-state index contributed by atoms with van der Waals surface area (Å²) in [4.78, 5) is 42.2. The minimum atomic E-state index is -2.98. The number of fused-ring (bicyclic) bond motifs is 3. The van der Waals surface area contributed by atoms with Crippen LogP contribution in [0.1, 0.15) is 95.9 Å². The van der Waals surface area contributed by atoms with Crippen molar-refractivity contribution in [1.29, 1.82) is 5.26 Å². The van der Waals surface area contributed by atoms with Gasteiger partial charge in [-0.1, -0.05) is 156 Å². The second-order valence-corrected chi connectivity index (χ2v) is 19.1. The van der Waals surface area contributed by atoms with E-state index in [0.717, 1.165) is 47.3 Å². The number of alkyl halides is 2. The van der Waals surface area contributed by atoms with E-state index >= 15 is 0 Å². The van der Waals surface area contributed by atoms with Gasteiger partial charge in [0.25, 0.3) is 5.92 Å². The number of thiophene rings is 1. The first-order valence-electron chi connectivity index (χ1n) is 26.5. The van der Waals surface area contributed by atoms with Crippen molar-refractivity contribution in [3.8, 4) is 5.40 Å². The second-order valence-electron chi connectivity index (χ2n) is 16.7. The zero-order chi connectivity index (χ0) is 62.2. The van der Waals surface area contributed by atoms with Gasteiger partial charge in [0.2, 0.25) is 0 Å². The molecule has 1 unspecified atom stereocenters. The normalized spacial score (nSPS) is 11.7. The zero-order valence-corrected chi connectivity index (χ0v) is 53.8. The van der Waals surface area contributed by atoms with E-state index in [1.54, 1.807) is 35.3 Å². The van der Waals surface area contributed by atoms with Crippen LogP contribution < -0.4 is 10.6 Å². The molecule has 0 aliphatic heterocycles. The third-order valence-electron chi connectivity index (χ3n) is 11.4. The molecule has 0 bridgehead atoms. The van der Waals surface area contributed by atoms with Gasteiger partial charge in [-0.2, -0.15) is 6.20 Å². The average molecular weight is 1310 g/mol. The number of aromatic nitrogens is 1. The van der Waals surface area contributed by atoms with E-state index in [9.17, 15) is 28.3 Å². The van der Waals surface area contributed by atoms with Gasteiger partial charge in [0.1, 0.15) is 0 Å². The van der Waals surface area contributed by atoms with Crippen LogP contribution in [0, 0.1) is 17.6 Å². The first-order chi connectivity index (χ1) is 39.8. The summed E-state index contributed by atoms with van der Waals surface area (Å²) in [5, 5.41) is 38.3. The Hall–Kier alpha value is -8.12. The number of nitrogens with two attached hydrogens (primary N) is 3. The van der Waals surface area contributed by atoms with Gasteiger partial charge in [-0.05, 0) is 128 Å². The number of allylic oxidation sites excluding steroid dienone is 7. The standard InChI is InChI=1S/C41H36F2N3S2.C18H17N2O6.3C2H6.CHNS.2H2N.Ru/c1-28-16-19-33(27-39(28)47-34-11-4-3-5-12-34)46(32-22-23-38-36(26-32)35-13-7-8-14-37(35)48-38)31-20-17-30(18-21-31)29(24-25-44)10-6-9-15-40(45)41(2,42)43;1-3-10(16(21)22)7-13(14(19)8-11(4-2)17(23)24)15-9-12(18(25)26)5-6-20-15;3*1-2;2-1-3;;;/h3-5,7-27,40,44H,6,45H2,1-2H3;3-9,19H,1-2H3,(H,21,22)(H,23,24)(H,25,26);3*1-2H3;3H;2*1H2;/q2*-1;;;;;2*-1;+5/p-1/b15-9+,25-24-,29-10+;10-3+,11-4+,13-7-,14-8+;;;;;;;. The van der Waals surface area contributed by atoms with Crippen molar-refractivity contribution in [3.05, 3.63) is 251 Å². The van der Waals surface area contributed by atoms with Crippen molar-refractivity contribution >= 4 is 102 Å². The molecule has 0 fully saturated rings. The molecular weight excluding hydrogens is 1240 g/mol. The quantitative estimate of drug-likeness (QED) is 0.0156. The van der Waals surface area contributed by atoms with E-state index < -0.39 is 29.9 Å². The molecule has 86 heavy (non-hydrogen) atoms. The molecule has 0 aliphatic carbocycles. The number of halogens is 2. The molecule has 2 aromatic heterocycles. The fourth-order valence-corrected chi connectivity index (χ4v) is 9.49. The molecular formula is C66H75F2N8O6RuS3. The van der Waals surface area contributed by atoms with Gasteiger partial charge in [0.15, 0.2) is 0 Å². The number of carboxylic acids is 3. The fourth-order valence-electron chi connectivity index (χ4n) is 7.44. The molecule has 0 amide bonds. The van der Waals surface area contributed by atoms with Crippen LogP contribution in [0.25, 0.3) is 55.1 Å². The van der Waals surface area contributed by atoms with E-state index in [-0.39, 0.29) is 65.5 Å². The molecule has 7 aromatic rings. The topological polar surface area (TPSA) is 292 Å². The zero-order valence-electron chi connectivity index (χ0n) is 49.7. The molecule has 1 atom stereocenters. The van der Waals surface area contributed by atoms with Gasteiger partial charge in [-0.3, -0.25) is 4.98 Å². The van der Waals surface area contributed by atoms with Crippen LogP contribution >= 0.6 is 23.1 Å². The number of carbonyl (C=O) groups is 3. The maximum Gasteiger partial charge on any atom is 5.00 e. The van der Waals surface area contributed by atoms with E-state index in [4.69, 9.17) is 32.7 Å². The summed E-state index contributed by atoms with van der Waals surface area (Å²) in [7, 11) is 0. The summed E-state index contributed by atoms with van der Waals surface area (Å²) in [6.07, 6.45) is 14.2. The van der Waals surface area contributed by atoms with Crippen molar-refractivity contribution in [2.45, 2.75) is 97.4 Å². The SMILES string of the molecule is CC.CC.CC.C\C=C(/C=C(/C([NH-])=C\C(=C/C)C(=O)O)c1cc(C(=O)O)ccn1)C(=O)O.Cc1ccc(N(c2ccc(C(/C=C\[NH-])=C/C/C=C/C(N)C(C)(F)F)cc2)c2ccc3sc4ccccc4c3c2)cc1Sc1ccccc1.N#C[S-].[NH2-].[NH2-].[Ru+5]. The maximum atomic E-state index is 13.5. The van der Waals surface area contributed by atoms with Crippen LogP contribution in [0.4, 0.5) is 25.8 Å². The fraction of sp³-hybridized carbons (Fsp3) is 0.197. The minimum Gasteiger partial charge on any atom is -0.705 e. The first kappa shape index (κ1) is 79.9. The van der Waals surface area contributed by atoms with Crippen LogP contribution in [0.3, 0.4) is 0 Å². The smallest absolute Gasteiger partial charge is 0.705 e. The van der Waals surface area contributed by atoms with Gasteiger partial charge >= 0.3 is 37.4 Å². The Morgan fingerprint density at radius 3 is 1.87 bits per heavy atom. The van der Waals surface area contributed by atoms with E-state index in [0.29, 0.717) is 6.42 Å². The Labute approximate surface area is 531 Å². The molecule has 11 N–H and O–H groups in total. The number of aliphatic carboxylic acids is 2. The number of hydrogen-bond acceptors (Lipinski definition) is 10. The summed E-state index contributed by atoms with van der Waals surface area (Å²) in [5.74, 6) is -6.71. The number of nitriles is 1. The van der Waals surface area contributed by atoms with Gasteiger partial charge < -0.3 is 62.4 Å². The van der Waals surface area contributed by atoms with E-state index in [1.807, 2.05) is 65.8 Å². The van der Waals surface area contributed by atoms with Crippen LogP contribution in [0.5, 0.6) is 0 Å². The molecule has 14 nitrogen and oxygen atoms in total. The van der Waals surface area contributed by atoms with Crippen LogP contribution in [-0.4, -0.2) is 50.2 Å². The molecule has 7 rings (SSSR count). The Morgan fingerprint density at radius 1 is 0.779 bits per heavy atom. The molecule has 455 valence electrons. The average Bonchev–Trinajstić information content (AvgIpc) is 2.30. The molecule has 0 saturated carbocycles. The Balaban J connectivity index is 0. The number of thiocyanates is 1. The van der Waals surface area contributed by atoms with Gasteiger partial charge in [0, 0.05) is 60.1 Å². The van der Waals surface area contributed by atoms with Gasteiger partial charge in [-0.15, -0.1) is 17.0 Å². The third kappa shape index (κ3) is 24.1. The number of nitrogens with one attached hydrogen (secondary N) is 2. The van der Waals surface area contributed by atoms with Crippen molar-refractivity contribution in [1.82, 2.24) is 4.98 Å². The number of aryl methyl sites for hydroxylation is 1. The summed E-state index contributed by atoms with van der Waals surface area (Å²) in [5.41, 5.74) is 26.7. The summed E-state index contributed by atoms with van der Waals surface area (Å²) in [6.45, 7) is 17.9. The number of benzene rings is 5. The number of hydrogen-bond donors (Lipinski definition) is 4. The van der Waals surface area contributed by atoms with Crippen LogP contribution in [0.2, 0.25) is 0 Å². The molecule has 2 heterocycles.